The third-order valence-corrected chi connectivity index (χ3v) is 7.55. The van der Waals surface area contributed by atoms with Crippen LogP contribution in [0, 0.1) is 0 Å². The number of alkyl halides is 3. The molecule has 0 radical (unpaired) electrons. The van der Waals surface area contributed by atoms with Crippen molar-refractivity contribution in [2.75, 3.05) is 0 Å². The highest BCUT2D eigenvalue weighted by Gasteiger charge is 2.31. The first-order valence-electron chi connectivity index (χ1n) is 11.7. The SMILES string of the molecule is O=c1c2ccccc2nc(-c2cccc(C(F)(F)F)c2)n1N=Cc1cc(Br)c(OCc2ccc(Br)cc2)c(Br)c1. The quantitative estimate of drug-likeness (QED) is 0.164. The normalized spacial score (nSPS) is 11.8. The first kappa shape index (κ1) is 28.3. The fourth-order valence-corrected chi connectivity index (χ4v) is 5.62. The van der Waals surface area contributed by atoms with E-state index >= 15 is 0 Å². The van der Waals surface area contributed by atoms with Crippen molar-refractivity contribution in [1.29, 1.82) is 0 Å². The van der Waals surface area contributed by atoms with Gasteiger partial charge in [0.25, 0.3) is 5.56 Å². The van der Waals surface area contributed by atoms with Crippen LogP contribution in [0.25, 0.3) is 22.3 Å². The first-order valence-corrected chi connectivity index (χ1v) is 14.1. The predicted octanol–water partition coefficient (Wildman–Crippen LogP) is 8.83. The average molecular weight is 736 g/mol. The minimum absolute atomic E-state index is 0.0152. The number of benzene rings is 4. The molecule has 0 aliphatic carbocycles. The van der Waals surface area contributed by atoms with Crippen LogP contribution in [0.15, 0.2) is 108 Å². The van der Waals surface area contributed by atoms with Gasteiger partial charge in [-0.3, -0.25) is 4.79 Å². The summed E-state index contributed by atoms with van der Waals surface area (Å²) < 4.78 is 49.5. The Morgan fingerprint density at radius 1 is 0.900 bits per heavy atom. The number of nitrogens with zero attached hydrogens (tertiary/aromatic N) is 3. The van der Waals surface area contributed by atoms with Crippen LogP contribution < -0.4 is 10.3 Å². The number of rotatable bonds is 6. The second kappa shape index (κ2) is 11.7. The van der Waals surface area contributed by atoms with E-state index in [1.54, 1.807) is 36.4 Å². The van der Waals surface area contributed by atoms with Gasteiger partial charge < -0.3 is 4.74 Å². The minimum Gasteiger partial charge on any atom is -0.487 e. The zero-order chi connectivity index (χ0) is 28.4. The van der Waals surface area contributed by atoms with Gasteiger partial charge in [-0.1, -0.05) is 52.3 Å². The van der Waals surface area contributed by atoms with E-state index in [1.165, 1.54) is 18.3 Å². The Bertz CT molecular complexity index is 1780. The molecule has 0 saturated heterocycles. The minimum atomic E-state index is -4.55. The van der Waals surface area contributed by atoms with Gasteiger partial charge in [0.2, 0.25) is 0 Å². The molecule has 0 N–H and O–H groups in total. The summed E-state index contributed by atoms with van der Waals surface area (Å²) in [5.41, 5.74) is 0.678. The summed E-state index contributed by atoms with van der Waals surface area (Å²) in [5, 5.41) is 4.64. The summed E-state index contributed by atoms with van der Waals surface area (Å²) in [5.74, 6) is 0.563. The van der Waals surface area contributed by atoms with E-state index in [4.69, 9.17) is 4.74 Å². The zero-order valence-corrected chi connectivity index (χ0v) is 25.1. The van der Waals surface area contributed by atoms with Crippen LogP contribution in [0.1, 0.15) is 16.7 Å². The number of fused-ring (bicyclic) bond motifs is 1. The monoisotopic (exact) mass is 733 g/mol. The lowest BCUT2D eigenvalue weighted by Gasteiger charge is -2.13. The summed E-state index contributed by atoms with van der Waals surface area (Å²) in [6.07, 6.45) is -3.12. The number of aromatic nitrogens is 2. The molecule has 202 valence electrons. The Morgan fingerprint density at radius 3 is 2.30 bits per heavy atom. The van der Waals surface area contributed by atoms with Crippen molar-refractivity contribution < 1.29 is 17.9 Å². The van der Waals surface area contributed by atoms with Crippen LogP contribution in [-0.2, 0) is 12.8 Å². The molecule has 40 heavy (non-hydrogen) atoms. The van der Waals surface area contributed by atoms with Gasteiger partial charge in [0.1, 0.15) is 12.4 Å². The zero-order valence-electron chi connectivity index (χ0n) is 20.3. The molecule has 11 heteroatoms. The number of hydrogen-bond acceptors (Lipinski definition) is 4. The Balaban J connectivity index is 1.52. The largest absolute Gasteiger partial charge is 0.487 e. The highest BCUT2D eigenvalue weighted by molar-refractivity contribution is 9.11. The Labute approximate surface area is 251 Å². The van der Waals surface area contributed by atoms with E-state index in [2.05, 4.69) is 57.9 Å². The van der Waals surface area contributed by atoms with E-state index in [1.807, 2.05) is 24.3 Å². The van der Waals surface area contributed by atoms with Crippen LogP contribution in [0.4, 0.5) is 13.2 Å². The van der Waals surface area contributed by atoms with E-state index in [0.29, 0.717) is 32.4 Å². The molecule has 0 atom stereocenters. The van der Waals surface area contributed by atoms with Crippen molar-refractivity contribution >= 4 is 64.9 Å². The smallest absolute Gasteiger partial charge is 0.416 e. The summed E-state index contributed by atoms with van der Waals surface area (Å²) in [7, 11) is 0. The van der Waals surface area contributed by atoms with Gasteiger partial charge in [-0.15, -0.1) is 0 Å². The third kappa shape index (κ3) is 6.21. The van der Waals surface area contributed by atoms with Crippen LogP contribution in [0.2, 0.25) is 0 Å². The molecule has 1 heterocycles. The van der Waals surface area contributed by atoms with E-state index in [0.717, 1.165) is 26.8 Å². The third-order valence-electron chi connectivity index (χ3n) is 5.84. The first-order chi connectivity index (χ1) is 19.1. The Kier molecular flexibility index (Phi) is 8.25. The molecule has 5 aromatic rings. The van der Waals surface area contributed by atoms with Crippen molar-refractivity contribution in [2.45, 2.75) is 12.8 Å². The molecule has 5 rings (SSSR count). The van der Waals surface area contributed by atoms with E-state index in [9.17, 15) is 18.0 Å². The molecule has 0 amide bonds. The number of ether oxygens (including phenoxy) is 1. The average Bonchev–Trinajstić information content (AvgIpc) is 2.92. The summed E-state index contributed by atoms with van der Waals surface area (Å²) in [6.45, 7) is 0.344. The van der Waals surface area contributed by atoms with Crippen molar-refractivity contribution in [1.82, 2.24) is 9.66 Å². The van der Waals surface area contributed by atoms with Crippen LogP contribution in [-0.4, -0.2) is 15.9 Å². The van der Waals surface area contributed by atoms with Crippen LogP contribution in [0.3, 0.4) is 0 Å². The van der Waals surface area contributed by atoms with Crippen molar-refractivity contribution in [3.63, 3.8) is 0 Å². The van der Waals surface area contributed by atoms with E-state index < -0.39 is 17.3 Å². The number of halogens is 6. The molecule has 0 spiro atoms. The lowest BCUT2D eigenvalue weighted by atomic mass is 10.1. The van der Waals surface area contributed by atoms with Crippen LogP contribution in [0.5, 0.6) is 5.75 Å². The molecular weight excluding hydrogens is 719 g/mol. The predicted molar refractivity (Wildman–Crippen MR) is 160 cm³/mol. The maximum absolute atomic E-state index is 13.4. The summed E-state index contributed by atoms with van der Waals surface area (Å²) >= 11 is 10.5. The second-order valence-electron chi connectivity index (χ2n) is 8.62. The molecule has 0 unspecified atom stereocenters. The Hall–Kier alpha value is -3.28. The van der Waals surface area contributed by atoms with Gasteiger partial charge >= 0.3 is 6.18 Å². The lowest BCUT2D eigenvalue weighted by molar-refractivity contribution is -0.137. The van der Waals surface area contributed by atoms with E-state index in [-0.39, 0.29) is 16.8 Å². The molecule has 4 aromatic carbocycles. The number of para-hydroxylation sites is 1. The lowest BCUT2D eigenvalue weighted by Crippen LogP contribution is -2.20. The fraction of sp³-hybridized carbons (Fsp3) is 0.0690. The van der Waals surface area contributed by atoms with Gasteiger partial charge in [-0.2, -0.15) is 22.9 Å². The number of hydrogen-bond donors (Lipinski definition) is 0. The fourth-order valence-electron chi connectivity index (χ4n) is 3.90. The molecule has 1 aromatic heterocycles. The molecular formula is C29H17Br3F3N3O2. The molecule has 0 bridgehead atoms. The maximum atomic E-state index is 13.4. The Morgan fingerprint density at radius 2 is 1.60 bits per heavy atom. The van der Waals surface area contributed by atoms with Gasteiger partial charge in [0, 0.05) is 10.0 Å². The molecule has 0 aliphatic heterocycles. The van der Waals surface area contributed by atoms with Crippen LogP contribution >= 0.6 is 47.8 Å². The standard InChI is InChI=1S/C29H17Br3F3N3O2/c30-21-10-8-17(9-11-21)16-40-26-23(31)12-18(13-24(26)32)15-36-38-27(19-4-3-5-20(14-19)29(33,34)35)37-25-7-2-1-6-22(25)28(38)39/h1-15H,16H2. The van der Waals surface area contributed by atoms with Crippen molar-refractivity contribution in [3.05, 3.63) is 125 Å². The van der Waals surface area contributed by atoms with Crippen molar-refractivity contribution in [3.8, 4) is 17.1 Å². The molecule has 0 fully saturated rings. The summed E-state index contributed by atoms with van der Waals surface area (Å²) in [4.78, 5) is 17.9. The highest BCUT2D eigenvalue weighted by atomic mass is 79.9. The molecule has 0 aliphatic rings. The summed E-state index contributed by atoms with van der Waals surface area (Å²) in [6, 6.07) is 22.5. The molecule has 5 nitrogen and oxygen atoms in total. The van der Waals surface area contributed by atoms with Gasteiger partial charge in [-0.05, 0) is 91.5 Å². The second-order valence-corrected chi connectivity index (χ2v) is 11.2. The highest BCUT2D eigenvalue weighted by Crippen LogP contribution is 2.35. The van der Waals surface area contributed by atoms with Crippen molar-refractivity contribution in [2.24, 2.45) is 5.10 Å². The van der Waals surface area contributed by atoms with Gasteiger partial charge in [0.15, 0.2) is 5.82 Å². The topological polar surface area (TPSA) is 56.5 Å². The maximum Gasteiger partial charge on any atom is 0.416 e. The molecule has 0 saturated carbocycles. The van der Waals surface area contributed by atoms with Gasteiger partial charge in [0.05, 0.1) is 31.6 Å². The van der Waals surface area contributed by atoms with Gasteiger partial charge in [-0.25, -0.2) is 4.98 Å².